The van der Waals surface area contributed by atoms with Gasteiger partial charge in [0.1, 0.15) is 5.75 Å². The second kappa shape index (κ2) is 7.22. The fourth-order valence-corrected chi connectivity index (χ4v) is 2.77. The van der Waals surface area contributed by atoms with E-state index in [-0.39, 0.29) is 6.04 Å². The predicted octanol–water partition coefficient (Wildman–Crippen LogP) is 3.88. The maximum Gasteiger partial charge on any atom is 0.124 e. The lowest BCUT2D eigenvalue weighted by atomic mass is 10.1. The SMILES string of the molecule is CCOc1ccccc1C(N)CSc1ccccc1. The third-order valence-corrected chi connectivity index (χ3v) is 3.92. The van der Waals surface area contributed by atoms with Crippen molar-refractivity contribution in [1.82, 2.24) is 0 Å². The Bertz CT molecular complexity index is 501. The smallest absolute Gasteiger partial charge is 0.124 e. The molecule has 3 heteroatoms. The summed E-state index contributed by atoms with van der Waals surface area (Å²) < 4.78 is 5.62. The molecule has 1 atom stereocenters. The van der Waals surface area contributed by atoms with Gasteiger partial charge in [0, 0.05) is 22.3 Å². The monoisotopic (exact) mass is 273 g/mol. The molecule has 19 heavy (non-hydrogen) atoms. The van der Waals surface area contributed by atoms with E-state index >= 15 is 0 Å². The minimum Gasteiger partial charge on any atom is -0.494 e. The van der Waals surface area contributed by atoms with E-state index in [4.69, 9.17) is 10.5 Å². The van der Waals surface area contributed by atoms with Crippen LogP contribution in [0.5, 0.6) is 5.75 Å². The molecule has 2 aromatic carbocycles. The first-order chi connectivity index (χ1) is 9.31. The van der Waals surface area contributed by atoms with Gasteiger partial charge in [-0.1, -0.05) is 36.4 Å². The second-order valence-corrected chi connectivity index (χ2v) is 5.29. The summed E-state index contributed by atoms with van der Waals surface area (Å²) in [5.41, 5.74) is 7.35. The number of benzene rings is 2. The lowest BCUT2D eigenvalue weighted by molar-refractivity contribution is 0.335. The quantitative estimate of drug-likeness (QED) is 0.811. The van der Waals surface area contributed by atoms with Gasteiger partial charge in [-0.25, -0.2) is 0 Å². The number of rotatable bonds is 6. The molecule has 0 spiro atoms. The highest BCUT2D eigenvalue weighted by molar-refractivity contribution is 7.99. The van der Waals surface area contributed by atoms with E-state index in [0.717, 1.165) is 17.1 Å². The van der Waals surface area contributed by atoms with Crippen LogP contribution < -0.4 is 10.5 Å². The third-order valence-electron chi connectivity index (χ3n) is 2.79. The first-order valence-corrected chi connectivity index (χ1v) is 7.45. The highest BCUT2D eigenvalue weighted by Crippen LogP contribution is 2.28. The van der Waals surface area contributed by atoms with Crippen LogP contribution in [0.25, 0.3) is 0 Å². The fourth-order valence-electron chi connectivity index (χ4n) is 1.87. The van der Waals surface area contributed by atoms with Crippen molar-refractivity contribution in [1.29, 1.82) is 0 Å². The Morgan fingerprint density at radius 1 is 1.05 bits per heavy atom. The van der Waals surface area contributed by atoms with Crippen LogP contribution in [0.2, 0.25) is 0 Å². The van der Waals surface area contributed by atoms with Gasteiger partial charge in [0.2, 0.25) is 0 Å². The molecule has 0 aliphatic rings. The molecule has 0 aliphatic heterocycles. The summed E-state index contributed by atoms with van der Waals surface area (Å²) in [6, 6.07) is 18.3. The number of hydrogen-bond acceptors (Lipinski definition) is 3. The molecule has 0 fully saturated rings. The highest BCUT2D eigenvalue weighted by atomic mass is 32.2. The zero-order valence-electron chi connectivity index (χ0n) is 11.1. The Morgan fingerprint density at radius 2 is 1.74 bits per heavy atom. The van der Waals surface area contributed by atoms with Gasteiger partial charge in [-0.2, -0.15) is 0 Å². The molecule has 0 radical (unpaired) electrons. The first-order valence-electron chi connectivity index (χ1n) is 6.46. The standard InChI is InChI=1S/C16H19NOS/c1-2-18-16-11-7-6-10-14(16)15(17)12-19-13-8-4-3-5-9-13/h3-11,15H,2,12,17H2,1H3. The van der Waals surface area contributed by atoms with E-state index in [1.165, 1.54) is 4.90 Å². The Kier molecular flexibility index (Phi) is 5.31. The number of thioether (sulfide) groups is 1. The number of hydrogen-bond donors (Lipinski definition) is 1. The lowest BCUT2D eigenvalue weighted by Gasteiger charge is -2.16. The van der Waals surface area contributed by atoms with Crippen molar-refractivity contribution in [2.75, 3.05) is 12.4 Å². The molecule has 0 bridgehead atoms. The first kappa shape index (κ1) is 14.0. The van der Waals surface area contributed by atoms with Crippen molar-refractivity contribution < 1.29 is 4.74 Å². The van der Waals surface area contributed by atoms with Crippen LogP contribution in [0.1, 0.15) is 18.5 Å². The van der Waals surface area contributed by atoms with Crippen LogP contribution in [0, 0.1) is 0 Å². The van der Waals surface area contributed by atoms with Crippen molar-refractivity contribution in [3.8, 4) is 5.75 Å². The highest BCUT2D eigenvalue weighted by Gasteiger charge is 2.11. The van der Waals surface area contributed by atoms with E-state index in [2.05, 4.69) is 12.1 Å². The van der Waals surface area contributed by atoms with Gasteiger partial charge >= 0.3 is 0 Å². The Morgan fingerprint density at radius 3 is 2.47 bits per heavy atom. The summed E-state index contributed by atoms with van der Waals surface area (Å²) in [5, 5.41) is 0. The molecule has 2 nitrogen and oxygen atoms in total. The van der Waals surface area contributed by atoms with Gasteiger partial charge in [0.05, 0.1) is 6.61 Å². The van der Waals surface area contributed by atoms with Crippen LogP contribution in [-0.4, -0.2) is 12.4 Å². The van der Waals surface area contributed by atoms with Crippen molar-refractivity contribution >= 4 is 11.8 Å². The minimum absolute atomic E-state index is 0.0204. The van der Waals surface area contributed by atoms with E-state index in [9.17, 15) is 0 Å². The molecule has 100 valence electrons. The molecular formula is C16H19NOS. The number of nitrogens with two attached hydrogens (primary N) is 1. The van der Waals surface area contributed by atoms with Crippen molar-refractivity contribution in [3.63, 3.8) is 0 Å². The summed E-state index contributed by atoms with van der Waals surface area (Å²) in [4.78, 5) is 1.24. The van der Waals surface area contributed by atoms with Crippen molar-refractivity contribution in [3.05, 3.63) is 60.2 Å². The van der Waals surface area contributed by atoms with Gasteiger partial charge in [-0.15, -0.1) is 11.8 Å². The third kappa shape index (κ3) is 4.01. The van der Waals surface area contributed by atoms with E-state index < -0.39 is 0 Å². The van der Waals surface area contributed by atoms with Crippen LogP contribution >= 0.6 is 11.8 Å². The molecule has 0 amide bonds. The normalized spacial score (nSPS) is 12.1. The molecule has 0 heterocycles. The fraction of sp³-hybridized carbons (Fsp3) is 0.250. The van der Waals surface area contributed by atoms with Crippen LogP contribution in [0.4, 0.5) is 0 Å². The lowest BCUT2D eigenvalue weighted by Crippen LogP contribution is -2.14. The second-order valence-electron chi connectivity index (χ2n) is 4.20. The molecular weight excluding hydrogens is 254 g/mol. The maximum absolute atomic E-state index is 6.27. The summed E-state index contributed by atoms with van der Waals surface area (Å²) >= 11 is 1.77. The summed E-state index contributed by atoms with van der Waals surface area (Å²) in [6.45, 7) is 2.65. The Hall–Kier alpha value is -1.45. The minimum atomic E-state index is -0.0204. The van der Waals surface area contributed by atoms with Crippen molar-refractivity contribution in [2.24, 2.45) is 5.73 Å². The molecule has 0 aliphatic carbocycles. The maximum atomic E-state index is 6.27. The summed E-state index contributed by atoms with van der Waals surface area (Å²) in [5.74, 6) is 1.74. The van der Waals surface area contributed by atoms with Gasteiger partial charge in [-0.3, -0.25) is 0 Å². The van der Waals surface area contributed by atoms with Gasteiger partial charge in [-0.05, 0) is 25.1 Å². The molecule has 2 rings (SSSR count). The summed E-state index contributed by atoms with van der Waals surface area (Å²) in [6.07, 6.45) is 0. The van der Waals surface area contributed by atoms with Gasteiger partial charge in [0.15, 0.2) is 0 Å². The number of para-hydroxylation sites is 1. The van der Waals surface area contributed by atoms with E-state index in [0.29, 0.717) is 6.61 Å². The number of ether oxygens (including phenoxy) is 1. The van der Waals surface area contributed by atoms with Crippen LogP contribution in [-0.2, 0) is 0 Å². The van der Waals surface area contributed by atoms with Gasteiger partial charge < -0.3 is 10.5 Å². The zero-order valence-corrected chi connectivity index (χ0v) is 11.9. The molecule has 2 aromatic rings. The van der Waals surface area contributed by atoms with Crippen molar-refractivity contribution in [2.45, 2.75) is 17.9 Å². The Balaban J connectivity index is 2.01. The molecule has 0 saturated carbocycles. The summed E-state index contributed by atoms with van der Waals surface area (Å²) in [7, 11) is 0. The average Bonchev–Trinajstić information content (AvgIpc) is 2.47. The van der Waals surface area contributed by atoms with Crippen LogP contribution in [0.3, 0.4) is 0 Å². The van der Waals surface area contributed by atoms with Crippen LogP contribution in [0.15, 0.2) is 59.5 Å². The molecule has 0 saturated heterocycles. The molecule has 1 unspecified atom stereocenters. The largest absolute Gasteiger partial charge is 0.494 e. The van der Waals surface area contributed by atoms with E-state index in [1.807, 2.05) is 49.4 Å². The topological polar surface area (TPSA) is 35.2 Å². The zero-order chi connectivity index (χ0) is 13.5. The molecule has 2 N–H and O–H groups in total. The van der Waals surface area contributed by atoms with E-state index in [1.54, 1.807) is 11.8 Å². The average molecular weight is 273 g/mol. The van der Waals surface area contributed by atoms with Gasteiger partial charge in [0.25, 0.3) is 0 Å². The predicted molar refractivity (Wildman–Crippen MR) is 81.7 cm³/mol. The Labute approximate surface area is 119 Å². The molecule has 0 aromatic heterocycles.